The summed E-state index contributed by atoms with van der Waals surface area (Å²) in [5, 5.41) is 4.45. The van der Waals surface area contributed by atoms with Gasteiger partial charge in [0.1, 0.15) is 0 Å². The van der Waals surface area contributed by atoms with Gasteiger partial charge < -0.3 is 5.32 Å². The molecular formula is C9H14N2S. The van der Waals surface area contributed by atoms with Crippen molar-refractivity contribution in [2.24, 2.45) is 0 Å². The fourth-order valence-electron chi connectivity index (χ4n) is 1.87. The van der Waals surface area contributed by atoms with Crippen LogP contribution in [0.15, 0.2) is 0 Å². The summed E-state index contributed by atoms with van der Waals surface area (Å²) in [6.45, 7) is 3.18. The molecule has 0 bridgehead atoms. The van der Waals surface area contributed by atoms with Gasteiger partial charge in [-0.25, -0.2) is 4.98 Å². The first-order chi connectivity index (χ1) is 5.81. The van der Waals surface area contributed by atoms with Gasteiger partial charge >= 0.3 is 0 Å². The second-order valence-corrected chi connectivity index (χ2v) is 4.62. The van der Waals surface area contributed by atoms with Crippen LogP contribution in [0.3, 0.4) is 0 Å². The number of hydrogen-bond donors (Lipinski definition) is 1. The largest absolute Gasteiger partial charge is 0.319 e. The van der Waals surface area contributed by atoms with E-state index in [2.05, 4.69) is 17.2 Å². The smallest absolute Gasteiger partial charge is 0.0900 e. The monoisotopic (exact) mass is 182 g/mol. The van der Waals surface area contributed by atoms with Crippen LogP contribution in [0.4, 0.5) is 0 Å². The number of thiazole rings is 1. The van der Waals surface area contributed by atoms with E-state index in [9.17, 15) is 0 Å². The van der Waals surface area contributed by atoms with Crippen molar-refractivity contribution in [3.63, 3.8) is 0 Å². The minimum atomic E-state index is 0.676. The topological polar surface area (TPSA) is 24.9 Å². The summed E-state index contributed by atoms with van der Waals surface area (Å²) >= 11 is 1.87. The van der Waals surface area contributed by atoms with Gasteiger partial charge in [-0.2, -0.15) is 0 Å². The number of hydrogen-bond acceptors (Lipinski definition) is 3. The summed E-state index contributed by atoms with van der Waals surface area (Å²) in [7, 11) is 2.01. The molecule has 2 nitrogen and oxygen atoms in total. The van der Waals surface area contributed by atoms with Crippen LogP contribution >= 0.6 is 11.3 Å². The van der Waals surface area contributed by atoms with E-state index >= 15 is 0 Å². The molecule has 1 unspecified atom stereocenters. The van der Waals surface area contributed by atoms with E-state index in [0.717, 1.165) is 6.54 Å². The highest BCUT2D eigenvalue weighted by Gasteiger charge is 2.25. The zero-order chi connectivity index (χ0) is 8.55. The van der Waals surface area contributed by atoms with Crippen LogP contribution in [0.25, 0.3) is 0 Å². The Kier molecular flexibility index (Phi) is 2.15. The zero-order valence-electron chi connectivity index (χ0n) is 7.55. The van der Waals surface area contributed by atoms with Gasteiger partial charge in [0.05, 0.1) is 10.7 Å². The fourth-order valence-corrected chi connectivity index (χ4v) is 2.91. The molecule has 0 spiro atoms. The summed E-state index contributed by atoms with van der Waals surface area (Å²) < 4.78 is 0. The maximum absolute atomic E-state index is 4.57. The van der Waals surface area contributed by atoms with Crippen molar-refractivity contribution in [3.8, 4) is 0 Å². The van der Waals surface area contributed by atoms with Gasteiger partial charge in [-0.1, -0.05) is 0 Å². The van der Waals surface area contributed by atoms with E-state index in [1.54, 1.807) is 0 Å². The summed E-state index contributed by atoms with van der Waals surface area (Å²) in [5.74, 6) is 0.676. The van der Waals surface area contributed by atoms with E-state index in [1.807, 2.05) is 18.4 Å². The first-order valence-corrected chi connectivity index (χ1v) is 5.23. The molecular weight excluding hydrogens is 168 g/mol. The Balaban J connectivity index is 2.22. The van der Waals surface area contributed by atoms with Crippen molar-refractivity contribution in [2.75, 3.05) is 13.6 Å². The Morgan fingerprint density at radius 3 is 3.25 bits per heavy atom. The van der Waals surface area contributed by atoms with Crippen molar-refractivity contribution in [2.45, 2.75) is 25.7 Å². The quantitative estimate of drug-likeness (QED) is 0.753. The van der Waals surface area contributed by atoms with Gasteiger partial charge in [-0.15, -0.1) is 11.3 Å². The van der Waals surface area contributed by atoms with Crippen LogP contribution in [-0.2, 0) is 6.42 Å². The fraction of sp³-hybridized carbons (Fsp3) is 0.667. The molecule has 0 saturated carbocycles. The van der Waals surface area contributed by atoms with Crippen LogP contribution in [0.5, 0.6) is 0 Å². The average Bonchev–Trinajstić information content (AvgIpc) is 2.52. The molecule has 1 aromatic heterocycles. The Morgan fingerprint density at radius 1 is 1.67 bits per heavy atom. The van der Waals surface area contributed by atoms with Crippen LogP contribution in [-0.4, -0.2) is 18.6 Å². The lowest BCUT2D eigenvalue weighted by atomic mass is 10.1. The highest BCUT2D eigenvalue weighted by molar-refractivity contribution is 7.11. The van der Waals surface area contributed by atoms with E-state index in [4.69, 9.17) is 0 Å². The number of aromatic nitrogens is 1. The van der Waals surface area contributed by atoms with Crippen molar-refractivity contribution in [1.82, 2.24) is 10.3 Å². The first kappa shape index (κ1) is 8.20. The lowest BCUT2D eigenvalue weighted by molar-refractivity contribution is 0.612. The lowest BCUT2D eigenvalue weighted by Crippen LogP contribution is -2.15. The third-order valence-electron chi connectivity index (χ3n) is 2.39. The predicted molar refractivity (Wildman–Crippen MR) is 51.8 cm³/mol. The third-order valence-corrected chi connectivity index (χ3v) is 3.44. The molecule has 2 rings (SSSR count). The molecule has 66 valence electrons. The molecule has 1 aliphatic rings. The van der Waals surface area contributed by atoms with E-state index < -0.39 is 0 Å². The predicted octanol–water partition coefficient (Wildman–Crippen LogP) is 1.70. The second-order valence-electron chi connectivity index (χ2n) is 3.33. The SMILES string of the molecule is CNCC1CCc2sc(C)nc21. The van der Waals surface area contributed by atoms with Crippen molar-refractivity contribution in [1.29, 1.82) is 0 Å². The highest BCUT2D eigenvalue weighted by Crippen LogP contribution is 2.35. The molecule has 1 N–H and O–H groups in total. The Bertz CT molecular complexity index is 280. The molecule has 0 saturated heterocycles. The van der Waals surface area contributed by atoms with Crippen molar-refractivity contribution < 1.29 is 0 Å². The van der Waals surface area contributed by atoms with Crippen LogP contribution < -0.4 is 5.32 Å². The van der Waals surface area contributed by atoms with Crippen molar-refractivity contribution in [3.05, 3.63) is 15.6 Å². The van der Waals surface area contributed by atoms with Crippen LogP contribution in [0.2, 0.25) is 0 Å². The van der Waals surface area contributed by atoms with E-state index in [1.165, 1.54) is 28.4 Å². The molecule has 0 aliphatic heterocycles. The lowest BCUT2D eigenvalue weighted by Gasteiger charge is -2.06. The summed E-state index contributed by atoms with van der Waals surface area (Å²) in [6.07, 6.45) is 2.53. The Morgan fingerprint density at radius 2 is 2.50 bits per heavy atom. The number of fused-ring (bicyclic) bond motifs is 1. The first-order valence-electron chi connectivity index (χ1n) is 4.42. The van der Waals surface area contributed by atoms with Crippen molar-refractivity contribution >= 4 is 11.3 Å². The molecule has 1 aliphatic carbocycles. The molecule has 0 fully saturated rings. The summed E-state index contributed by atoms with van der Waals surface area (Å²) in [6, 6.07) is 0. The molecule has 12 heavy (non-hydrogen) atoms. The van der Waals surface area contributed by atoms with Gasteiger partial charge in [0, 0.05) is 17.3 Å². The molecule has 1 atom stereocenters. The van der Waals surface area contributed by atoms with Crippen LogP contribution in [0.1, 0.15) is 27.9 Å². The molecule has 0 radical (unpaired) electrons. The van der Waals surface area contributed by atoms with Gasteiger partial charge in [0.15, 0.2) is 0 Å². The average molecular weight is 182 g/mol. The van der Waals surface area contributed by atoms with Gasteiger partial charge in [0.2, 0.25) is 0 Å². The maximum Gasteiger partial charge on any atom is 0.0900 e. The molecule has 1 aromatic rings. The maximum atomic E-state index is 4.57. The molecule has 3 heteroatoms. The third kappa shape index (κ3) is 1.27. The normalized spacial score (nSPS) is 21.3. The molecule has 0 amide bonds. The van der Waals surface area contributed by atoms with Gasteiger partial charge in [-0.05, 0) is 26.8 Å². The minimum Gasteiger partial charge on any atom is -0.319 e. The number of nitrogens with one attached hydrogen (secondary N) is 1. The number of likely N-dealkylation sites (N-methyl/N-ethyl adjacent to an activating group) is 1. The standard InChI is InChI=1S/C9H14N2S/c1-6-11-9-7(5-10-2)3-4-8(9)12-6/h7,10H,3-5H2,1-2H3. The summed E-state index contributed by atoms with van der Waals surface area (Å²) in [5.41, 5.74) is 1.37. The molecule has 0 aromatic carbocycles. The molecule has 1 heterocycles. The number of aryl methyl sites for hydroxylation is 2. The summed E-state index contributed by atoms with van der Waals surface area (Å²) in [4.78, 5) is 6.09. The second kappa shape index (κ2) is 3.15. The Labute approximate surface area is 77.0 Å². The Hall–Kier alpha value is -0.410. The number of nitrogens with zero attached hydrogens (tertiary/aromatic N) is 1. The van der Waals surface area contributed by atoms with Gasteiger partial charge in [-0.3, -0.25) is 0 Å². The van der Waals surface area contributed by atoms with E-state index in [-0.39, 0.29) is 0 Å². The van der Waals surface area contributed by atoms with E-state index in [0.29, 0.717) is 5.92 Å². The van der Waals surface area contributed by atoms with Crippen LogP contribution in [0, 0.1) is 6.92 Å². The zero-order valence-corrected chi connectivity index (χ0v) is 8.37. The minimum absolute atomic E-state index is 0.676. The number of rotatable bonds is 2. The highest BCUT2D eigenvalue weighted by atomic mass is 32.1. The van der Waals surface area contributed by atoms with Gasteiger partial charge in [0.25, 0.3) is 0 Å².